The molecule has 0 aromatic heterocycles. The van der Waals surface area contributed by atoms with Gasteiger partial charge in [-0.2, -0.15) is 0 Å². The summed E-state index contributed by atoms with van der Waals surface area (Å²) in [5.41, 5.74) is 1.24. The van der Waals surface area contributed by atoms with Crippen molar-refractivity contribution in [3.8, 4) is 0 Å². The van der Waals surface area contributed by atoms with Gasteiger partial charge < -0.3 is 9.69 Å². The molecule has 2 rings (SSSR count). The zero-order valence-corrected chi connectivity index (χ0v) is 13.2. The van der Waals surface area contributed by atoms with Crippen LogP contribution in [0.25, 0.3) is 0 Å². The summed E-state index contributed by atoms with van der Waals surface area (Å²) in [4.78, 5) is 25.2. The van der Waals surface area contributed by atoms with E-state index in [-0.39, 0.29) is 11.7 Å². The summed E-state index contributed by atoms with van der Waals surface area (Å²) < 4.78 is 0. The van der Waals surface area contributed by atoms with Gasteiger partial charge in [0.2, 0.25) is 5.91 Å². The molecule has 4 heteroatoms. The van der Waals surface area contributed by atoms with Crippen molar-refractivity contribution in [2.75, 3.05) is 13.1 Å². The topological polar surface area (TPSA) is 37.4 Å². The molecule has 0 spiro atoms. The molecule has 0 N–H and O–H groups in total. The highest BCUT2D eigenvalue weighted by molar-refractivity contribution is 6.30. The molecule has 1 atom stereocenters. The molecule has 0 aliphatic carbocycles. The van der Waals surface area contributed by atoms with Gasteiger partial charge in [-0.25, -0.2) is 0 Å². The first-order chi connectivity index (χ1) is 10.1. The molecule has 0 saturated carbocycles. The van der Waals surface area contributed by atoms with Crippen LogP contribution < -0.4 is 0 Å². The van der Waals surface area contributed by atoms with Gasteiger partial charge in [-0.15, -0.1) is 0 Å². The summed E-state index contributed by atoms with van der Waals surface area (Å²) in [6, 6.07) is 7.92. The zero-order chi connectivity index (χ0) is 15.2. The molecule has 1 aliphatic heterocycles. The summed E-state index contributed by atoms with van der Waals surface area (Å²) in [6.07, 6.45) is 3.95. The van der Waals surface area contributed by atoms with Gasteiger partial charge in [0.1, 0.15) is 5.78 Å². The third-order valence-electron chi connectivity index (χ3n) is 4.06. The minimum Gasteiger partial charge on any atom is -0.342 e. The highest BCUT2D eigenvalue weighted by atomic mass is 35.5. The van der Waals surface area contributed by atoms with E-state index in [1.807, 2.05) is 17.0 Å². The molecule has 0 bridgehead atoms. The first kappa shape index (κ1) is 16.0. The number of rotatable bonds is 4. The zero-order valence-electron chi connectivity index (χ0n) is 12.5. The summed E-state index contributed by atoms with van der Waals surface area (Å²) in [5, 5.41) is 0.738. The van der Waals surface area contributed by atoms with E-state index in [1.54, 1.807) is 0 Å². The average Bonchev–Trinajstić information content (AvgIpc) is 2.71. The Balaban J connectivity index is 2.02. The maximum atomic E-state index is 12.2. The number of hydrogen-bond donors (Lipinski definition) is 0. The summed E-state index contributed by atoms with van der Waals surface area (Å²) in [5.74, 6) is 0.546. The molecule has 1 aromatic rings. The van der Waals surface area contributed by atoms with Gasteiger partial charge >= 0.3 is 0 Å². The van der Waals surface area contributed by atoms with Crippen molar-refractivity contribution in [2.45, 2.75) is 44.9 Å². The maximum Gasteiger partial charge on any atom is 0.223 e. The van der Waals surface area contributed by atoms with E-state index in [4.69, 9.17) is 11.6 Å². The Morgan fingerprint density at radius 2 is 1.90 bits per heavy atom. The van der Waals surface area contributed by atoms with E-state index in [0.29, 0.717) is 18.8 Å². The number of halogens is 1. The van der Waals surface area contributed by atoms with Crippen molar-refractivity contribution in [2.24, 2.45) is 0 Å². The number of Topliss-reactive ketones (excluding diaryl/α,β-unsaturated/α-hetero) is 1. The van der Waals surface area contributed by atoms with Crippen LogP contribution in [0, 0.1) is 0 Å². The second-order valence-corrected chi connectivity index (χ2v) is 6.22. The van der Waals surface area contributed by atoms with Gasteiger partial charge in [0.05, 0.1) is 0 Å². The molecular formula is C17H22ClNO2. The first-order valence-corrected chi connectivity index (χ1v) is 7.96. The number of carbonyl (C=O) groups is 2. The SMILES string of the molecule is CC(=O)CCC(=O)N1CCCCC(c2ccc(Cl)cc2)C1. The second-order valence-electron chi connectivity index (χ2n) is 5.79. The van der Waals surface area contributed by atoms with Gasteiger partial charge in [-0.05, 0) is 37.5 Å². The van der Waals surface area contributed by atoms with Crippen LogP contribution in [0.3, 0.4) is 0 Å². The molecular weight excluding hydrogens is 286 g/mol. The van der Waals surface area contributed by atoms with Gasteiger partial charge in [-0.3, -0.25) is 4.79 Å². The van der Waals surface area contributed by atoms with E-state index in [9.17, 15) is 9.59 Å². The van der Waals surface area contributed by atoms with Gasteiger partial charge in [0.25, 0.3) is 0 Å². The third kappa shape index (κ3) is 4.85. The summed E-state index contributed by atoms with van der Waals surface area (Å²) in [6.45, 7) is 3.09. The molecule has 1 aliphatic rings. The predicted octanol–water partition coefficient (Wildman–Crippen LogP) is 3.81. The number of ketones is 1. The van der Waals surface area contributed by atoms with Crippen LogP contribution in [-0.2, 0) is 9.59 Å². The van der Waals surface area contributed by atoms with Gasteiger partial charge in [0, 0.05) is 36.9 Å². The number of benzene rings is 1. The lowest BCUT2D eigenvalue weighted by Gasteiger charge is -2.25. The molecule has 0 radical (unpaired) electrons. The smallest absolute Gasteiger partial charge is 0.223 e. The minimum atomic E-state index is 0.0763. The fourth-order valence-electron chi connectivity index (χ4n) is 2.82. The number of likely N-dealkylation sites (tertiary alicyclic amines) is 1. The Bertz CT molecular complexity index is 498. The first-order valence-electron chi connectivity index (χ1n) is 7.59. The van der Waals surface area contributed by atoms with Crippen LogP contribution in [0.5, 0.6) is 0 Å². The number of carbonyl (C=O) groups excluding carboxylic acids is 2. The number of amides is 1. The van der Waals surface area contributed by atoms with Crippen LogP contribution in [-0.4, -0.2) is 29.7 Å². The van der Waals surface area contributed by atoms with Gasteiger partial charge in [-0.1, -0.05) is 30.2 Å². The third-order valence-corrected chi connectivity index (χ3v) is 4.31. The lowest BCUT2D eigenvalue weighted by molar-refractivity contribution is -0.133. The summed E-state index contributed by atoms with van der Waals surface area (Å²) in [7, 11) is 0. The standard InChI is InChI=1S/C17H22ClNO2/c1-13(20)5-10-17(21)19-11-3-2-4-15(12-19)14-6-8-16(18)9-7-14/h6-9,15H,2-5,10-12H2,1H3. The average molecular weight is 308 g/mol. The minimum absolute atomic E-state index is 0.0763. The Hall–Kier alpha value is -1.35. The van der Waals surface area contributed by atoms with E-state index in [0.717, 1.165) is 37.4 Å². The van der Waals surface area contributed by atoms with Crippen LogP contribution in [0.15, 0.2) is 24.3 Å². The molecule has 1 saturated heterocycles. The highest BCUT2D eigenvalue weighted by Gasteiger charge is 2.23. The van der Waals surface area contributed by atoms with Crippen molar-refractivity contribution >= 4 is 23.3 Å². The van der Waals surface area contributed by atoms with Crippen LogP contribution in [0.4, 0.5) is 0 Å². The van der Waals surface area contributed by atoms with Crippen molar-refractivity contribution < 1.29 is 9.59 Å². The monoisotopic (exact) mass is 307 g/mol. The largest absolute Gasteiger partial charge is 0.342 e. The molecule has 21 heavy (non-hydrogen) atoms. The molecule has 1 amide bonds. The highest BCUT2D eigenvalue weighted by Crippen LogP contribution is 2.27. The van der Waals surface area contributed by atoms with Crippen molar-refractivity contribution in [1.82, 2.24) is 4.90 Å². The van der Waals surface area contributed by atoms with Crippen molar-refractivity contribution in [1.29, 1.82) is 0 Å². The van der Waals surface area contributed by atoms with E-state index in [1.165, 1.54) is 12.5 Å². The Morgan fingerprint density at radius 3 is 2.57 bits per heavy atom. The lowest BCUT2D eigenvalue weighted by atomic mass is 9.94. The van der Waals surface area contributed by atoms with E-state index >= 15 is 0 Å². The van der Waals surface area contributed by atoms with E-state index < -0.39 is 0 Å². The van der Waals surface area contributed by atoms with Gasteiger partial charge in [0.15, 0.2) is 0 Å². The van der Waals surface area contributed by atoms with E-state index in [2.05, 4.69) is 12.1 Å². The second kappa shape index (κ2) is 7.60. The van der Waals surface area contributed by atoms with Crippen molar-refractivity contribution in [3.63, 3.8) is 0 Å². The maximum absolute atomic E-state index is 12.2. The predicted molar refractivity (Wildman–Crippen MR) is 84.5 cm³/mol. The summed E-state index contributed by atoms with van der Waals surface area (Å²) >= 11 is 5.94. The normalized spacial score (nSPS) is 19.1. The van der Waals surface area contributed by atoms with Crippen LogP contribution >= 0.6 is 11.6 Å². The Kier molecular flexibility index (Phi) is 5.80. The van der Waals surface area contributed by atoms with Crippen molar-refractivity contribution in [3.05, 3.63) is 34.9 Å². The lowest BCUT2D eigenvalue weighted by Crippen LogP contribution is -2.34. The fourth-order valence-corrected chi connectivity index (χ4v) is 2.94. The van der Waals surface area contributed by atoms with Crippen LogP contribution in [0.2, 0.25) is 5.02 Å². The quantitative estimate of drug-likeness (QED) is 0.848. The Labute approximate surface area is 131 Å². The molecule has 1 aromatic carbocycles. The molecule has 114 valence electrons. The van der Waals surface area contributed by atoms with Crippen LogP contribution in [0.1, 0.15) is 50.5 Å². The molecule has 1 fully saturated rings. The molecule has 1 unspecified atom stereocenters. The number of nitrogens with zero attached hydrogens (tertiary/aromatic N) is 1. The Morgan fingerprint density at radius 1 is 1.19 bits per heavy atom. The number of hydrogen-bond acceptors (Lipinski definition) is 2. The molecule has 3 nitrogen and oxygen atoms in total. The fraction of sp³-hybridized carbons (Fsp3) is 0.529. The molecule has 1 heterocycles.